The minimum atomic E-state index is 0.903. The van der Waals surface area contributed by atoms with Crippen molar-refractivity contribution in [2.45, 2.75) is 0 Å². The van der Waals surface area contributed by atoms with E-state index in [1.807, 2.05) is 12.1 Å². The van der Waals surface area contributed by atoms with E-state index in [0.29, 0.717) is 0 Å². The van der Waals surface area contributed by atoms with Gasteiger partial charge in [-0.1, -0.05) is 170 Å². The van der Waals surface area contributed by atoms with Crippen LogP contribution in [0.3, 0.4) is 0 Å². The number of para-hydroxylation sites is 1. The molecular formula is C58H39NO. The largest absolute Gasteiger partial charge is 0.456 e. The van der Waals surface area contributed by atoms with Crippen LogP contribution in [0.4, 0.5) is 17.1 Å². The van der Waals surface area contributed by atoms with Gasteiger partial charge in [-0.05, 0) is 133 Å². The van der Waals surface area contributed by atoms with E-state index in [-0.39, 0.29) is 0 Å². The second-order valence-electron chi connectivity index (χ2n) is 15.3. The summed E-state index contributed by atoms with van der Waals surface area (Å²) in [7, 11) is 0. The molecular weight excluding hydrogens is 727 g/mol. The first-order valence-electron chi connectivity index (χ1n) is 20.5. The average Bonchev–Trinajstić information content (AvgIpc) is 3.70. The highest BCUT2D eigenvalue weighted by molar-refractivity contribution is 6.06. The fourth-order valence-electron chi connectivity index (χ4n) is 8.62. The van der Waals surface area contributed by atoms with Crippen molar-refractivity contribution >= 4 is 49.8 Å². The van der Waals surface area contributed by atoms with Crippen LogP contribution in [0.2, 0.25) is 0 Å². The second-order valence-corrected chi connectivity index (χ2v) is 15.3. The lowest BCUT2D eigenvalue weighted by Crippen LogP contribution is -2.10. The van der Waals surface area contributed by atoms with E-state index in [4.69, 9.17) is 4.42 Å². The van der Waals surface area contributed by atoms with Crippen molar-refractivity contribution in [3.05, 3.63) is 237 Å². The van der Waals surface area contributed by atoms with Gasteiger partial charge in [0.1, 0.15) is 11.2 Å². The standard InChI is InChI=1S/C58H39NO/c1-2-13-43(14-3-1)53-20-6-7-21-54(53)49-18-11-19-52(38-49)59(51-33-28-42(29-34-51)48-30-35-58-56(39-48)55-22-8-9-23-57(55)60-58)50-31-26-41(27-32-50)45-16-10-17-46(36-45)47-25-24-40-12-4-5-15-44(40)37-47/h1-39H. The number of nitrogens with zero attached hydrogens (tertiary/aromatic N) is 1. The molecule has 0 saturated heterocycles. The molecule has 11 aromatic rings. The first-order chi connectivity index (χ1) is 29.7. The van der Waals surface area contributed by atoms with E-state index in [1.165, 1.54) is 49.7 Å². The number of furan rings is 1. The lowest BCUT2D eigenvalue weighted by molar-refractivity contribution is 0.669. The highest BCUT2D eigenvalue weighted by Gasteiger charge is 2.16. The van der Waals surface area contributed by atoms with Crippen LogP contribution in [0.25, 0.3) is 88.3 Å². The number of hydrogen-bond acceptors (Lipinski definition) is 2. The Balaban J connectivity index is 0.979. The summed E-state index contributed by atoms with van der Waals surface area (Å²) < 4.78 is 6.14. The van der Waals surface area contributed by atoms with Crippen molar-refractivity contribution in [1.82, 2.24) is 0 Å². The summed E-state index contributed by atoms with van der Waals surface area (Å²) in [6, 6.07) is 85.0. The molecule has 0 radical (unpaired) electrons. The molecule has 10 aromatic carbocycles. The van der Waals surface area contributed by atoms with Crippen molar-refractivity contribution in [1.29, 1.82) is 0 Å². The molecule has 0 unspecified atom stereocenters. The zero-order valence-corrected chi connectivity index (χ0v) is 32.9. The van der Waals surface area contributed by atoms with Crippen molar-refractivity contribution in [3.8, 4) is 55.6 Å². The molecule has 0 fully saturated rings. The molecule has 2 nitrogen and oxygen atoms in total. The zero-order valence-electron chi connectivity index (χ0n) is 32.9. The summed E-state index contributed by atoms with van der Waals surface area (Å²) in [6.07, 6.45) is 0. The van der Waals surface area contributed by atoms with E-state index in [1.54, 1.807) is 0 Å². The van der Waals surface area contributed by atoms with Crippen molar-refractivity contribution in [2.24, 2.45) is 0 Å². The van der Waals surface area contributed by atoms with E-state index in [2.05, 4.69) is 229 Å². The highest BCUT2D eigenvalue weighted by Crippen LogP contribution is 2.41. The summed E-state index contributed by atoms with van der Waals surface area (Å²) in [4.78, 5) is 2.36. The van der Waals surface area contributed by atoms with Gasteiger partial charge in [-0.3, -0.25) is 0 Å². The minimum absolute atomic E-state index is 0.903. The number of anilines is 3. The van der Waals surface area contributed by atoms with Crippen LogP contribution >= 0.6 is 0 Å². The Labute approximate surface area is 349 Å². The third-order valence-corrected chi connectivity index (χ3v) is 11.7. The van der Waals surface area contributed by atoms with Crippen molar-refractivity contribution in [2.75, 3.05) is 4.90 Å². The quantitative estimate of drug-likeness (QED) is 0.153. The Hall–Kier alpha value is -7.94. The Morgan fingerprint density at radius 3 is 1.53 bits per heavy atom. The molecule has 0 saturated carbocycles. The van der Waals surface area contributed by atoms with Crippen LogP contribution in [0.15, 0.2) is 241 Å². The molecule has 282 valence electrons. The zero-order chi connectivity index (χ0) is 39.8. The normalized spacial score (nSPS) is 11.3. The molecule has 2 heteroatoms. The van der Waals surface area contributed by atoms with E-state index >= 15 is 0 Å². The summed E-state index contributed by atoms with van der Waals surface area (Å²) >= 11 is 0. The number of fused-ring (bicyclic) bond motifs is 4. The lowest BCUT2D eigenvalue weighted by Gasteiger charge is -2.26. The summed E-state index contributed by atoms with van der Waals surface area (Å²) in [5.74, 6) is 0. The van der Waals surface area contributed by atoms with E-state index in [0.717, 1.165) is 55.7 Å². The van der Waals surface area contributed by atoms with Gasteiger partial charge in [-0.15, -0.1) is 0 Å². The minimum Gasteiger partial charge on any atom is -0.456 e. The molecule has 11 rings (SSSR count). The van der Waals surface area contributed by atoms with Crippen LogP contribution < -0.4 is 4.90 Å². The van der Waals surface area contributed by atoms with Gasteiger partial charge in [0.05, 0.1) is 0 Å². The maximum absolute atomic E-state index is 6.14. The highest BCUT2D eigenvalue weighted by atomic mass is 16.3. The molecule has 0 spiro atoms. The van der Waals surface area contributed by atoms with Crippen LogP contribution in [0.1, 0.15) is 0 Å². The lowest BCUT2D eigenvalue weighted by atomic mass is 9.94. The van der Waals surface area contributed by atoms with Gasteiger partial charge in [0.15, 0.2) is 0 Å². The number of rotatable bonds is 8. The summed E-state index contributed by atoms with van der Waals surface area (Å²) in [5.41, 5.74) is 16.9. The van der Waals surface area contributed by atoms with Gasteiger partial charge >= 0.3 is 0 Å². The van der Waals surface area contributed by atoms with Crippen LogP contribution in [-0.4, -0.2) is 0 Å². The Morgan fingerprint density at radius 2 is 0.767 bits per heavy atom. The SMILES string of the molecule is c1ccc(-c2ccccc2-c2cccc(N(c3ccc(-c4cccc(-c5ccc6ccccc6c5)c4)cc3)c3ccc(-c4ccc5oc6ccccc6c5c4)cc3)c2)cc1. The molecule has 60 heavy (non-hydrogen) atoms. The first kappa shape index (κ1) is 35.2. The predicted molar refractivity (Wildman–Crippen MR) is 253 cm³/mol. The molecule has 0 atom stereocenters. The van der Waals surface area contributed by atoms with Crippen molar-refractivity contribution < 1.29 is 4.42 Å². The molecule has 0 N–H and O–H groups in total. The number of benzene rings is 10. The second kappa shape index (κ2) is 15.1. The smallest absolute Gasteiger partial charge is 0.135 e. The van der Waals surface area contributed by atoms with Crippen LogP contribution in [-0.2, 0) is 0 Å². The van der Waals surface area contributed by atoms with Crippen molar-refractivity contribution in [3.63, 3.8) is 0 Å². The Bertz CT molecular complexity index is 3310. The van der Waals surface area contributed by atoms with Gasteiger partial charge in [0, 0.05) is 27.8 Å². The van der Waals surface area contributed by atoms with Gasteiger partial charge in [0.2, 0.25) is 0 Å². The average molecular weight is 766 g/mol. The maximum atomic E-state index is 6.14. The fraction of sp³-hybridized carbons (Fsp3) is 0. The molecule has 0 aliphatic rings. The molecule has 0 aliphatic carbocycles. The molecule has 0 aliphatic heterocycles. The third kappa shape index (κ3) is 6.61. The van der Waals surface area contributed by atoms with Gasteiger partial charge in [-0.2, -0.15) is 0 Å². The predicted octanol–water partition coefficient (Wildman–Crippen LogP) is 16.5. The number of hydrogen-bond donors (Lipinski definition) is 0. The van der Waals surface area contributed by atoms with E-state index in [9.17, 15) is 0 Å². The Kier molecular flexibility index (Phi) is 8.87. The topological polar surface area (TPSA) is 16.4 Å². The third-order valence-electron chi connectivity index (χ3n) is 11.7. The maximum Gasteiger partial charge on any atom is 0.135 e. The summed E-state index contributed by atoms with van der Waals surface area (Å²) in [6.45, 7) is 0. The van der Waals surface area contributed by atoms with Gasteiger partial charge in [0.25, 0.3) is 0 Å². The molecule has 1 heterocycles. The molecule has 1 aromatic heterocycles. The Morgan fingerprint density at radius 1 is 0.250 bits per heavy atom. The fourth-order valence-corrected chi connectivity index (χ4v) is 8.62. The first-order valence-corrected chi connectivity index (χ1v) is 20.5. The van der Waals surface area contributed by atoms with Crippen LogP contribution in [0, 0.1) is 0 Å². The van der Waals surface area contributed by atoms with E-state index < -0.39 is 0 Å². The summed E-state index contributed by atoms with van der Waals surface area (Å²) in [5, 5.41) is 4.76. The van der Waals surface area contributed by atoms with Gasteiger partial charge in [-0.25, -0.2) is 0 Å². The monoisotopic (exact) mass is 765 g/mol. The van der Waals surface area contributed by atoms with Crippen LogP contribution in [0.5, 0.6) is 0 Å². The van der Waals surface area contributed by atoms with Gasteiger partial charge < -0.3 is 9.32 Å². The molecule has 0 bridgehead atoms. The molecule has 0 amide bonds.